The van der Waals surface area contributed by atoms with Crippen molar-refractivity contribution < 1.29 is 4.79 Å². The van der Waals surface area contributed by atoms with Crippen LogP contribution < -0.4 is 5.56 Å². The molecule has 0 fully saturated rings. The van der Waals surface area contributed by atoms with Crippen molar-refractivity contribution in [3.8, 4) is 0 Å². The van der Waals surface area contributed by atoms with Crippen LogP contribution in [0, 0.1) is 6.92 Å². The maximum Gasteiger partial charge on any atom is 0.250 e. The number of carbonyl (C=O) groups is 1. The van der Waals surface area contributed by atoms with Gasteiger partial charge < -0.3 is 4.57 Å². The van der Waals surface area contributed by atoms with Gasteiger partial charge in [-0.1, -0.05) is 36.4 Å². The molecule has 3 heteroatoms. The lowest BCUT2D eigenvalue weighted by atomic mass is 10.1. The second kappa shape index (κ2) is 4.78. The first-order valence-corrected chi connectivity index (χ1v) is 5.42. The predicted molar refractivity (Wildman–Crippen MR) is 66.2 cm³/mol. The fourth-order valence-electron chi connectivity index (χ4n) is 1.64. The monoisotopic (exact) mass is 227 g/mol. The van der Waals surface area contributed by atoms with Crippen LogP contribution in [0.3, 0.4) is 0 Å². The molecule has 1 heterocycles. The lowest BCUT2D eigenvalue weighted by Crippen LogP contribution is -2.23. The minimum atomic E-state index is -0.153. The molecule has 0 N–H and O–H groups in total. The Hall–Kier alpha value is -2.16. The van der Waals surface area contributed by atoms with E-state index >= 15 is 0 Å². The van der Waals surface area contributed by atoms with Gasteiger partial charge in [-0.25, -0.2) is 0 Å². The minimum absolute atomic E-state index is 0.0571. The third-order valence-corrected chi connectivity index (χ3v) is 2.54. The van der Waals surface area contributed by atoms with Gasteiger partial charge in [-0.15, -0.1) is 0 Å². The summed E-state index contributed by atoms with van der Waals surface area (Å²) in [5.74, 6) is -0.0571. The number of aromatic nitrogens is 1. The highest BCUT2D eigenvalue weighted by atomic mass is 16.1. The molecule has 2 aromatic rings. The number of benzene rings is 1. The average Bonchev–Trinajstić information content (AvgIpc) is 2.35. The first-order valence-electron chi connectivity index (χ1n) is 5.42. The van der Waals surface area contributed by atoms with E-state index in [-0.39, 0.29) is 17.9 Å². The zero-order chi connectivity index (χ0) is 12.3. The van der Waals surface area contributed by atoms with E-state index < -0.39 is 0 Å². The van der Waals surface area contributed by atoms with Crippen molar-refractivity contribution in [3.63, 3.8) is 0 Å². The van der Waals surface area contributed by atoms with Gasteiger partial charge in [0.2, 0.25) is 0 Å². The van der Waals surface area contributed by atoms with E-state index in [4.69, 9.17) is 0 Å². The number of hydrogen-bond acceptors (Lipinski definition) is 2. The third kappa shape index (κ3) is 2.69. The number of ketones is 1. The second-order valence-electron chi connectivity index (χ2n) is 3.96. The molecule has 1 aromatic carbocycles. The van der Waals surface area contributed by atoms with Crippen molar-refractivity contribution in [3.05, 3.63) is 70.1 Å². The number of aryl methyl sites for hydroxylation is 1. The maximum atomic E-state index is 11.9. The molecular formula is C14H13NO2. The summed E-state index contributed by atoms with van der Waals surface area (Å²) in [5, 5.41) is 0. The van der Waals surface area contributed by atoms with Gasteiger partial charge in [0, 0.05) is 17.8 Å². The van der Waals surface area contributed by atoms with Crippen molar-refractivity contribution in [2.75, 3.05) is 0 Å². The standard InChI is InChI=1S/C14H13NO2/c1-11-7-8-14(17)15(9-11)10-13(16)12-5-3-2-4-6-12/h2-9H,10H2,1H3. The highest BCUT2D eigenvalue weighted by molar-refractivity contribution is 5.95. The Kier molecular flexibility index (Phi) is 3.19. The minimum Gasteiger partial charge on any atom is -0.307 e. The van der Waals surface area contributed by atoms with Crippen molar-refractivity contribution in [1.29, 1.82) is 0 Å². The molecule has 0 saturated carbocycles. The molecule has 0 radical (unpaired) electrons. The smallest absolute Gasteiger partial charge is 0.250 e. The normalized spacial score (nSPS) is 10.2. The number of pyridine rings is 1. The van der Waals surface area contributed by atoms with Crippen LogP contribution in [-0.4, -0.2) is 10.4 Å². The largest absolute Gasteiger partial charge is 0.307 e. The van der Waals surface area contributed by atoms with Crippen molar-refractivity contribution >= 4 is 5.78 Å². The van der Waals surface area contributed by atoms with Gasteiger partial charge in [0.15, 0.2) is 5.78 Å². The van der Waals surface area contributed by atoms with Crippen LogP contribution in [0.25, 0.3) is 0 Å². The highest BCUT2D eigenvalue weighted by Crippen LogP contribution is 2.02. The van der Waals surface area contributed by atoms with Gasteiger partial charge in [-0.2, -0.15) is 0 Å². The molecule has 1 aromatic heterocycles. The molecule has 0 aliphatic carbocycles. The predicted octanol–water partition coefficient (Wildman–Crippen LogP) is 2.04. The Morgan fingerprint density at radius 3 is 2.53 bits per heavy atom. The van der Waals surface area contributed by atoms with Gasteiger partial charge >= 0.3 is 0 Å². The molecule has 0 spiro atoms. The molecule has 0 atom stereocenters. The zero-order valence-corrected chi connectivity index (χ0v) is 9.59. The van der Waals surface area contributed by atoms with E-state index in [2.05, 4.69) is 0 Å². The van der Waals surface area contributed by atoms with Crippen LogP contribution >= 0.6 is 0 Å². The fraction of sp³-hybridized carbons (Fsp3) is 0.143. The molecule has 3 nitrogen and oxygen atoms in total. The first kappa shape index (κ1) is 11.3. The Labute approximate surface area is 99.3 Å². The molecule has 86 valence electrons. The van der Waals surface area contributed by atoms with Gasteiger partial charge in [0.1, 0.15) is 0 Å². The van der Waals surface area contributed by atoms with E-state index in [1.807, 2.05) is 25.1 Å². The van der Waals surface area contributed by atoms with Crippen LogP contribution in [0.2, 0.25) is 0 Å². The summed E-state index contributed by atoms with van der Waals surface area (Å²) in [6, 6.07) is 12.2. The summed E-state index contributed by atoms with van der Waals surface area (Å²) in [6.45, 7) is 1.98. The van der Waals surface area contributed by atoms with E-state index in [0.29, 0.717) is 5.56 Å². The quantitative estimate of drug-likeness (QED) is 0.753. The summed E-state index contributed by atoms with van der Waals surface area (Å²) in [6.07, 6.45) is 1.70. The SMILES string of the molecule is Cc1ccc(=O)n(CC(=O)c2ccccc2)c1. The van der Waals surface area contributed by atoms with Crippen molar-refractivity contribution in [2.24, 2.45) is 0 Å². The Bertz CT molecular complexity index is 585. The lowest BCUT2D eigenvalue weighted by Gasteiger charge is -2.05. The summed E-state index contributed by atoms with van der Waals surface area (Å²) in [7, 11) is 0. The van der Waals surface area contributed by atoms with Gasteiger partial charge in [0.25, 0.3) is 5.56 Å². The molecule has 0 bridgehead atoms. The van der Waals surface area contributed by atoms with E-state index in [1.165, 1.54) is 10.6 Å². The number of Topliss-reactive ketones (excluding diaryl/α,β-unsaturated/α-hetero) is 1. The highest BCUT2D eigenvalue weighted by Gasteiger charge is 2.06. The molecule has 0 aliphatic rings. The molecule has 2 rings (SSSR count). The molecule has 17 heavy (non-hydrogen) atoms. The summed E-state index contributed by atoms with van der Waals surface area (Å²) < 4.78 is 1.44. The molecule has 0 unspecified atom stereocenters. The fourth-order valence-corrected chi connectivity index (χ4v) is 1.64. The van der Waals surface area contributed by atoms with Crippen LogP contribution in [0.1, 0.15) is 15.9 Å². The lowest BCUT2D eigenvalue weighted by molar-refractivity contribution is 0.0971. The maximum absolute atomic E-state index is 11.9. The van der Waals surface area contributed by atoms with Crippen molar-refractivity contribution in [1.82, 2.24) is 4.57 Å². The third-order valence-electron chi connectivity index (χ3n) is 2.54. The number of nitrogens with zero attached hydrogens (tertiary/aromatic N) is 1. The zero-order valence-electron chi connectivity index (χ0n) is 9.59. The topological polar surface area (TPSA) is 39.1 Å². The van der Waals surface area contributed by atoms with Gasteiger partial charge in [-0.05, 0) is 12.5 Å². The number of rotatable bonds is 3. The average molecular weight is 227 g/mol. The second-order valence-corrected chi connectivity index (χ2v) is 3.96. The van der Waals surface area contributed by atoms with E-state index in [1.54, 1.807) is 24.4 Å². The summed E-state index contributed by atoms with van der Waals surface area (Å²) in [5.41, 5.74) is 1.44. The van der Waals surface area contributed by atoms with Crippen LogP contribution in [0.4, 0.5) is 0 Å². The van der Waals surface area contributed by atoms with Crippen LogP contribution in [-0.2, 0) is 6.54 Å². The Balaban J connectivity index is 2.25. The Morgan fingerprint density at radius 1 is 1.12 bits per heavy atom. The molecule has 0 aliphatic heterocycles. The summed E-state index contributed by atoms with van der Waals surface area (Å²) in [4.78, 5) is 23.5. The van der Waals surface area contributed by atoms with E-state index in [0.717, 1.165) is 5.56 Å². The van der Waals surface area contributed by atoms with Crippen molar-refractivity contribution in [2.45, 2.75) is 13.5 Å². The van der Waals surface area contributed by atoms with Crippen LogP contribution in [0.15, 0.2) is 53.5 Å². The molecule has 0 amide bonds. The molecular weight excluding hydrogens is 214 g/mol. The number of hydrogen-bond donors (Lipinski definition) is 0. The Morgan fingerprint density at radius 2 is 1.82 bits per heavy atom. The summed E-state index contributed by atoms with van der Waals surface area (Å²) >= 11 is 0. The molecule has 0 saturated heterocycles. The van der Waals surface area contributed by atoms with Crippen LogP contribution in [0.5, 0.6) is 0 Å². The first-order chi connectivity index (χ1) is 8.16. The van der Waals surface area contributed by atoms with E-state index in [9.17, 15) is 9.59 Å². The van der Waals surface area contributed by atoms with Gasteiger partial charge in [0.05, 0.1) is 6.54 Å². The van der Waals surface area contributed by atoms with Gasteiger partial charge in [-0.3, -0.25) is 9.59 Å². The number of carbonyl (C=O) groups excluding carboxylic acids is 1.